The van der Waals surface area contributed by atoms with Crippen LogP contribution >= 0.6 is 0 Å². The van der Waals surface area contributed by atoms with E-state index in [1.54, 1.807) is 49.1 Å². The second-order valence-electron chi connectivity index (χ2n) is 18.8. The number of amides is 4. The van der Waals surface area contributed by atoms with Crippen molar-refractivity contribution in [3.63, 3.8) is 0 Å². The van der Waals surface area contributed by atoms with Crippen molar-refractivity contribution in [2.75, 3.05) is 49.9 Å². The number of ether oxygens (including phenoxy) is 4. The summed E-state index contributed by atoms with van der Waals surface area (Å²) < 4.78 is 27.8. The number of fused-ring (bicyclic) bond motifs is 4. The van der Waals surface area contributed by atoms with Gasteiger partial charge in [-0.1, -0.05) is 0 Å². The van der Waals surface area contributed by atoms with Gasteiger partial charge in [-0.05, 0) is 52.0 Å². The number of likely N-dealkylation sites (tertiary alicyclic amines) is 2. The van der Waals surface area contributed by atoms with Gasteiger partial charge in [0.05, 0.1) is 48.9 Å². The standard InChI is InChI=1S/2C23H27N7O4/c2*1-23(2)8-13-6-16(28-22(32)14-9-27-30-5-3-4-26-21(14)30)18(7-17(13)34-23)33-19-11-29(10-15(19)24)12-20(25)31/h2*3-7,9,15,19H,8,10-12,24H2,1-2H3,(H2,25,31)(H,28,32)/t2*15-,19?/m10/s1. The molecule has 8 heterocycles. The Morgan fingerprint density at radius 3 is 1.47 bits per heavy atom. The molecule has 68 heavy (non-hydrogen) atoms. The highest BCUT2D eigenvalue weighted by Gasteiger charge is 2.38. The zero-order chi connectivity index (χ0) is 48.1. The third kappa shape index (κ3) is 9.83. The van der Waals surface area contributed by atoms with Gasteiger partial charge in [0.15, 0.2) is 11.3 Å². The summed E-state index contributed by atoms with van der Waals surface area (Å²) in [4.78, 5) is 61.2. The largest absolute Gasteiger partial charge is 0.487 e. The van der Waals surface area contributed by atoms with Gasteiger partial charge >= 0.3 is 0 Å². The zero-order valence-corrected chi connectivity index (χ0v) is 38.0. The van der Waals surface area contributed by atoms with Gasteiger partial charge in [-0.3, -0.25) is 29.0 Å². The van der Waals surface area contributed by atoms with Gasteiger partial charge in [0, 0.05) is 87.1 Å². The molecule has 0 aliphatic carbocycles. The second-order valence-corrected chi connectivity index (χ2v) is 18.8. The number of hydrogen-bond donors (Lipinski definition) is 6. The van der Waals surface area contributed by atoms with Crippen molar-refractivity contribution in [3.8, 4) is 23.0 Å². The highest BCUT2D eigenvalue weighted by atomic mass is 16.5. The zero-order valence-electron chi connectivity index (χ0n) is 38.0. The van der Waals surface area contributed by atoms with Gasteiger partial charge in [0.25, 0.3) is 11.8 Å². The summed E-state index contributed by atoms with van der Waals surface area (Å²) in [5.41, 5.74) is 27.0. The van der Waals surface area contributed by atoms with E-state index < -0.39 is 11.8 Å². The lowest BCUT2D eigenvalue weighted by molar-refractivity contribution is -0.119. The van der Waals surface area contributed by atoms with Crippen molar-refractivity contribution < 1.29 is 38.1 Å². The number of nitrogens with one attached hydrogen (secondary N) is 2. The first-order valence-corrected chi connectivity index (χ1v) is 22.1. The summed E-state index contributed by atoms with van der Waals surface area (Å²) in [6.07, 6.45) is 10.2. The molecule has 2 aromatic carbocycles. The number of anilines is 2. The van der Waals surface area contributed by atoms with Gasteiger partial charge < -0.3 is 52.5 Å². The molecule has 4 aromatic heterocycles. The Labute approximate surface area is 390 Å². The molecule has 2 unspecified atom stereocenters. The van der Waals surface area contributed by atoms with E-state index in [4.69, 9.17) is 41.9 Å². The van der Waals surface area contributed by atoms with Crippen LogP contribution in [0, 0.1) is 0 Å². The molecule has 2 saturated heterocycles. The maximum atomic E-state index is 13.2. The minimum atomic E-state index is -0.420. The maximum Gasteiger partial charge on any atom is 0.261 e. The number of carbonyl (C=O) groups excluding carboxylic acids is 4. The van der Waals surface area contributed by atoms with Crippen LogP contribution in [0.5, 0.6) is 23.0 Å². The van der Waals surface area contributed by atoms with E-state index in [9.17, 15) is 19.2 Å². The number of hydrogen-bond acceptors (Lipinski definition) is 16. The molecule has 4 aliphatic rings. The van der Waals surface area contributed by atoms with E-state index in [-0.39, 0.29) is 60.4 Å². The fourth-order valence-corrected chi connectivity index (χ4v) is 9.04. The first kappa shape index (κ1) is 45.7. The van der Waals surface area contributed by atoms with E-state index >= 15 is 0 Å². The topological polar surface area (TPSA) is 300 Å². The lowest BCUT2D eigenvalue weighted by Crippen LogP contribution is -2.37. The van der Waals surface area contributed by atoms with Crippen LogP contribution in [0.25, 0.3) is 11.3 Å². The van der Waals surface area contributed by atoms with E-state index in [2.05, 4.69) is 30.8 Å². The number of rotatable bonds is 12. The summed E-state index contributed by atoms with van der Waals surface area (Å²) in [6, 6.07) is 10.2. The van der Waals surface area contributed by atoms with E-state index in [0.717, 1.165) is 11.1 Å². The predicted octanol–water partition coefficient (Wildman–Crippen LogP) is 1.14. The molecule has 10 N–H and O–H groups in total. The predicted molar refractivity (Wildman–Crippen MR) is 248 cm³/mol. The average Bonchev–Trinajstić information content (AvgIpc) is 4.12. The molecule has 0 radical (unpaired) electrons. The maximum absolute atomic E-state index is 13.2. The van der Waals surface area contributed by atoms with Crippen molar-refractivity contribution >= 4 is 46.3 Å². The van der Waals surface area contributed by atoms with Crippen LogP contribution in [0.15, 0.2) is 73.6 Å². The van der Waals surface area contributed by atoms with E-state index in [1.807, 2.05) is 49.6 Å². The van der Waals surface area contributed by atoms with Gasteiger partial charge in [0.2, 0.25) is 11.8 Å². The molecule has 356 valence electrons. The molecule has 0 spiro atoms. The normalized spacial score (nSPS) is 21.3. The van der Waals surface area contributed by atoms with E-state index in [1.165, 1.54) is 21.4 Å². The number of nitrogens with two attached hydrogens (primary N) is 4. The second kappa shape index (κ2) is 18.0. The van der Waals surface area contributed by atoms with Crippen LogP contribution in [-0.4, -0.2) is 137 Å². The van der Waals surface area contributed by atoms with Crippen LogP contribution in [0.3, 0.4) is 0 Å². The number of benzene rings is 2. The Bertz CT molecular complexity index is 2740. The van der Waals surface area contributed by atoms with E-state index in [0.29, 0.717) is 95.8 Å². The van der Waals surface area contributed by atoms with Crippen LogP contribution in [0.2, 0.25) is 0 Å². The summed E-state index contributed by atoms with van der Waals surface area (Å²) in [7, 11) is 0. The van der Waals surface area contributed by atoms with Gasteiger partial charge in [0.1, 0.15) is 57.5 Å². The highest BCUT2D eigenvalue weighted by molar-refractivity contribution is 6.09. The number of aromatic nitrogens is 6. The van der Waals surface area contributed by atoms with Crippen LogP contribution in [0.1, 0.15) is 59.5 Å². The Kier molecular flexibility index (Phi) is 12.1. The van der Waals surface area contributed by atoms with Crippen molar-refractivity contribution in [3.05, 3.63) is 95.8 Å². The lowest BCUT2D eigenvalue weighted by Gasteiger charge is -2.21. The molecule has 4 aliphatic heterocycles. The minimum absolute atomic E-state index is 0.111. The van der Waals surface area contributed by atoms with Crippen molar-refractivity contribution in [2.24, 2.45) is 22.9 Å². The molecule has 22 heteroatoms. The first-order chi connectivity index (χ1) is 32.4. The molecule has 2 fully saturated rings. The lowest BCUT2D eigenvalue weighted by atomic mass is 10.0. The molecular weight excluding hydrogens is 877 g/mol. The molecule has 22 nitrogen and oxygen atoms in total. The Balaban J connectivity index is 0.000000170. The molecule has 4 amide bonds. The van der Waals surface area contributed by atoms with Crippen molar-refractivity contribution in [1.29, 1.82) is 0 Å². The summed E-state index contributed by atoms with van der Waals surface area (Å²) in [5, 5.41) is 14.3. The number of primary amides is 2. The summed E-state index contributed by atoms with van der Waals surface area (Å²) in [6.45, 7) is 10.1. The van der Waals surface area contributed by atoms with Gasteiger partial charge in [-0.25, -0.2) is 19.0 Å². The van der Waals surface area contributed by atoms with Crippen molar-refractivity contribution in [1.82, 2.24) is 39.0 Å². The Morgan fingerprint density at radius 1 is 0.662 bits per heavy atom. The van der Waals surface area contributed by atoms with Crippen LogP contribution < -0.4 is 52.5 Å². The fraction of sp³-hybridized carbons (Fsp3) is 0.391. The molecular formula is C46H54N14O8. The van der Waals surface area contributed by atoms with Crippen LogP contribution in [0.4, 0.5) is 11.4 Å². The minimum Gasteiger partial charge on any atom is -0.487 e. The highest BCUT2D eigenvalue weighted by Crippen LogP contribution is 2.44. The third-order valence-corrected chi connectivity index (χ3v) is 12.0. The number of carbonyl (C=O) groups is 4. The molecule has 0 bridgehead atoms. The average molecular weight is 931 g/mol. The third-order valence-electron chi connectivity index (χ3n) is 12.0. The monoisotopic (exact) mass is 930 g/mol. The molecule has 0 saturated carbocycles. The fourth-order valence-electron chi connectivity index (χ4n) is 9.04. The van der Waals surface area contributed by atoms with Gasteiger partial charge in [-0.2, -0.15) is 10.2 Å². The molecule has 10 rings (SSSR count). The Morgan fingerprint density at radius 2 is 1.07 bits per heavy atom. The Hall–Kier alpha value is -7.40. The smallest absolute Gasteiger partial charge is 0.261 e. The van der Waals surface area contributed by atoms with Gasteiger partial charge in [-0.15, -0.1) is 0 Å². The molecule has 6 aromatic rings. The summed E-state index contributed by atoms with van der Waals surface area (Å²) in [5.74, 6) is 0.732. The molecule has 4 atom stereocenters. The number of nitrogens with zero attached hydrogens (tertiary/aromatic N) is 8. The van der Waals surface area contributed by atoms with Crippen molar-refractivity contribution in [2.45, 2.75) is 76.0 Å². The quantitative estimate of drug-likeness (QED) is 0.100. The first-order valence-electron chi connectivity index (χ1n) is 22.1. The SMILES string of the molecule is CC1(C)Cc2cc(NC(=O)c3cnn4cccnc34)c(OC3CN(CC(N)=O)C[C@@H]3N)cc2O1.CC1(C)Cc2cc(NC(=O)c3cnn4cccnc34)c(OC3CN(CC(N)=O)C[C@H]3N)cc2O1. The van der Waals surface area contributed by atoms with Crippen LogP contribution in [-0.2, 0) is 22.4 Å². The summed E-state index contributed by atoms with van der Waals surface area (Å²) >= 11 is 0.